The van der Waals surface area contributed by atoms with Gasteiger partial charge in [-0.05, 0) is 85.0 Å². The van der Waals surface area contributed by atoms with Crippen LogP contribution in [0.2, 0.25) is 17.3 Å². The minimum atomic E-state index is -2.04. The standard InChI is InChI=1S/C48H45N4O.C19H20GeNO.Ir/c1-29-26-42-43(31(3)49-29)52(44-39(33-18-9-7-10-19-33)27-35(48(4,5)6)28-40(44)34-20-11-8-12-21-34)46(50-42)38-23-15-22-36-37-24-25-41(51-47(37)53-45(36)38)30(2)32-16-13-14-17-32;1-14-10-11-19(22-14)16-12-18(15-8-6-5-7-9-15)21-13-17(16)20(2,3)4;/h7-12,15,18-22,24-28,30,32H,13-14,16-17H2,1-6H3;5-8,10-13H,1-4H3;/q2*-1;. The van der Waals surface area contributed by atoms with E-state index in [1.807, 2.05) is 56.4 Å². The van der Waals surface area contributed by atoms with Gasteiger partial charge in [-0.1, -0.05) is 112 Å². The first-order valence-corrected chi connectivity index (χ1v) is 33.9. The van der Waals surface area contributed by atoms with E-state index < -0.39 is 13.3 Å². The molecule has 1 fully saturated rings. The number of imidazole rings is 1. The number of furan rings is 2. The predicted octanol–water partition coefficient (Wildman–Crippen LogP) is 17.4. The van der Waals surface area contributed by atoms with Crippen LogP contribution in [0.25, 0.3) is 95.0 Å². The number of fused-ring (bicyclic) bond motifs is 4. The third-order valence-corrected chi connectivity index (χ3v) is 19.4. The number of nitrogens with zero attached hydrogens (tertiary/aromatic N) is 5. The number of aryl methyl sites for hydroxylation is 3. The summed E-state index contributed by atoms with van der Waals surface area (Å²) in [5.41, 5.74) is 16.9. The van der Waals surface area contributed by atoms with Crippen molar-refractivity contribution >= 4 is 50.8 Å². The Bertz CT molecular complexity index is 3800. The number of hydrogen-bond acceptors (Lipinski definition) is 6. The quantitative estimate of drug-likeness (QED) is 0.106. The largest absolute Gasteiger partial charge is 0 e. The summed E-state index contributed by atoms with van der Waals surface area (Å²) in [7, 11) is 0. The molecule has 0 amide bonds. The monoisotopic (exact) mass is 1240 g/mol. The minimum absolute atomic E-state index is 0. The SMILES string of the molecule is Cc1cc2nc(-c3[c-]ccc4c3oc3nc(C(C)C5CCCC5)ccc34)n(-c3c(-c4ccccc4)cc(C(C)(C)C)cc3-c3ccccc3)c2c(C)n1.Cc1ccc(-c2cc(-c3[c-]cccc3)nc[c]2[Ge]([CH3])([CH3])[CH3])o1.[Ir]. The summed E-state index contributed by atoms with van der Waals surface area (Å²) in [6.45, 7) is 15.3. The normalized spacial score (nSPS) is 13.5. The maximum atomic E-state index is 6.81. The van der Waals surface area contributed by atoms with Crippen LogP contribution in [0.3, 0.4) is 0 Å². The van der Waals surface area contributed by atoms with Crippen molar-refractivity contribution in [3.05, 3.63) is 192 Å². The van der Waals surface area contributed by atoms with Gasteiger partial charge in [0.2, 0.25) is 5.71 Å². The molecule has 12 rings (SSSR count). The maximum Gasteiger partial charge on any atom is 0 e. The van der Waals surface area contributed by atoms with Crippen LogP contribution in [0.5, 0.6) is 0 Å². The first kappa shape index (κ1) is 52.7. The number of aromatic nitrogens is 5. The molecule has 0 N–H and O–H groups in total. The van der Waals surface area contributed by atoms with E-state index in [-0.39, 0.29) is 25.5 Å². The molecule has 385 valence electrons. The van der Waals surface area contributed by atoms with E-state index in [9.17, 15) is 0 Å². The number of hydrogen-bond donors (Lipinski definition) is 0. The summed E-state index contributed by atoms with van der Waals surface area (Å²) in [5.74, 6) is 10.8. The molecule has 0 spiro atoms. The van der Waals surface area contributed by atoms with Gasteiger partial charge in [0.25, 0.3) is 0 Å². The van der Waals surface area contributed by atoms with Crippen molar-refractivity contribution in [3.8, 4) is 61.9 Å². The van der Waals surface area contributed by atoms with E-state index in [4.69, 9.17) is 23.8 Å². The van der Waals surface area contributed by atoms with Crippen LogP contribution in [-0.2, 0) is 25.5 Å². The van der Waals surface area contributed by atoms with Crippen LogP contribution in [0.15, 0.2) is 161 Å². The van der Waals surface area contributed by atoms with Crippen LogP contribution >= 0.6 is 0 Å². The fourth-order valence-electron chi connectivity index (χ4n) is 11.1. The fourth-order valence-corrected chi connectivity index (χ4v) is 14.1. The zero-order chi connectivity index (χ0) is 52.2. The summed E-state index contributed by atoms with van der Waals surface area (Å²) >= 11 is -2.04. The molecule has 1 atom stereocenters. The molecule has 0 aliphatic heterocycles. The Hall–Kier alpha value is -6.71. The van der Waals surface area contributed by atoms with Gasteiger partial charge in [0.1, 0.15) is 0 Å². The van der Waals surface area contributed by atoms with Crippen molar-refractivity contribution in [2.75, 3.05) is 0 Å². The van der Waals surface area contributed by atoms with Crippen LogP contribution in [0.1, 0.15) is 87.7 Å². The Morgan fingerprint density at radius 2 is 1.37 bits per heavy atom. The van der Waals surface area contributed by atoms with Crippen molar-refractivity contribution in [3.63, 3.8) is 0 Å². The van der Waals surface area contributed by atoms with Crippen molar-refractivity contribution in [1.82, 2.24) is 24.5 Å². The molecule has 7 nitrogen and oxygen atoms in total. The molecule has 1 aliphatic carbocycles. The summed E-state index contributed by atoms with van der Waals surface area (Å²) < 4.78 is 16.4. The molecule has 11 aromatic rings. The second-order valence-electron chi connectivity index (χ2n) is 22.6. The summed E-state index contributed by atoms with van der Waals surface area (Å²) in [5, 5.41) is 2.03. The van der Waals surface area contributed by atoms with Gasteiger partial charge in [-0.3, -0.25) is 9.97 Å². The summed E-state index contributed by atoms with van der Waals surface area (Å²) in [4.78, 5) is 20.3. The van der Waals surface area contributed by atoms with Gasteiger partial charge < -0.3 is 8.98 Å². The smallest absolute Gasteiger partial charge is 0 e. The molecule has 9 heteroatoms. The van der Waals surface area contributed by atoms with Gasteiger partial charge in [0, 0.05) is 53.9 Å². The molecule has 0 saturated heterocycles. The van der Waals surface area contributed by atoms with E-state index in [1.165, 1.54) is 41.2 Å². The maximum absolute atomic E-state index is 6.81. The number of pyridine rings is 3. The van der Waals surface area contributed by atoms with Crippen LogP contribution < -0.4 is 4.40 Å². The second-order valence-corrected chi connectivity index (χ2v) is 33.1. The van der Waals surface area contributed by atoms with Crippen LogP contribution in [0.4, 0.5) is 0 Å². The van der Waals surface area contributed by atoms with Gasteiger partial charge in [0.15, 0.2) is 0 Å². The second kappa shape index (κ2) is 21.4. The first-order chi connectivity index (χ1) is 36.1. The molecule has 6 aromatic heterocycles. The van der Waals surface area contributed by atoms with Crippen molar-refractivity contribution in [2.24, 2.45) is 5.92 Å². The van der Waals surface area contributed by atoms with Crippen molar-refractivity contribution in [2.45, 2.75) is 103 Å². The van der Waals surface area contributed by atoms with E-state index in [2.05, 4.69) is 183 Å². The molecule has 1 unspecified atom stereocenters. The molecular formula is C67H65GeIrN5O2-2. The Labute approximate surface area is 464 Å². The molecule has 1 aliphatic rings. The summed E-state index contributed by atoms with van der Waals surface area (Å²) in [6.07, 6.45) is 7.22. The summed E-state index contributed by atoms with van der Waals surface area (Å²) in [6, 6.07) is 57.8. The van der Waals surface area contributed by atoms with Gasteiger partial charge in [-0.2, -0.15) is 0 Å². The molecule has 1 saturated carbocycles. The van der Waals surface area contributed by atoms with Crippen molar-refractivity contribution < 1.29 is 28.9 Å². The van der Waals surface area contributed by atoms with Gasteiger partial charge in [-0.15, -0.1) is 18.2 Å². The Kier molecular flexibility index (Phi) is 14.8. The zero-order valence-corrected chi connectivity index (χ0v) is 49.8. The van der Waals surface area contributed by atoms with E-state index >= 15 is 0 Å². The number of benzene rings is 5. The van der Waals surface area contributed by atoms with Crippen LogP contribution in [0, 0.1) is 38.8 Å². The zero-order valence-electron chi connectivity index (χ0n) is 45.3. The Balaban J connectivity index is 0.000000239. The molecule has 6 heterocycles. The molecule has 5 aromatic carbocycles. The topological polar surface area (TPSA) is 82.8 Å². The van der Waals surface area contributed by atoms with Crippen LogP contribution in [-0.4, -0.2) is 37.8 Å². The van der Waals surface area contributed by atoms with E-state index in [1.54, 1.807) is 0 Å². The predicted molar refractivity (Wildman–Crippen MR) is 312 cm³/mol. The Morgan fingerprint density at radius 1 is 0.684 bits per heavy atom. The fraction of sp³-hybridized carbons (Fsp3) is 0.254. The van der Waals surface area contributed by atoms with Gasteiger partial charge >= 0.3 is 134 Å². The molecule has 1 radical (unpaired) electrons. The third-order valence-electron chi connectivity index (χ3n) is 15.1. The molecular weight excluding hydrogens is 1170 g/mol. The third kappa shape index (κ3) is 10.3. The Morgan fingerprint density at radius 3 is 1.99 bits per heavy atom. The minimum Gasteiger partial charge on any atom is 0 e. The van der Waals surface area contributed by atoms with Gasteiger partial charge in [0.05, 0.1) is 33.8 Å². The average molecular weight is 1240 g/mol. The van der Waals surface area contributed by atoms with E-state index in [0.717, 1.165) is 107 Å². The molecule has 76 heavy (non-hydrogen) atoms. The first-order valence-electron chi connectivity index (χ1n) is 26.6. The molecule has 0 bridgehead atoms. The van der Waals surface area contributed by atoms with Gasteiger partial charge in [-0.25, -0.2) is 4.98 Å². The van der Waals surface area contributed by atoms with E-state index in [0.29, 0.717) is 17.5 Å². The van der Waals surface area contributed by atoms with Crippen molar-refractivity contribution in [1.29, 1.82) is 0 Å². The number of rotatable bonds is 9. The average Bonchev–Trinajstić information content (AvgIpc) is 4.34.